The molecule has 2 aromatic rings. The van der Waals surface area contributed by atoms with Gasteiger partial charge in [-0.25, -0.2) is 4.98 Å². The fraction of sp³-hybridized carbons (Fsp3) is 0.375. The predicted octanol–water partition coefficient (Wildman–Crippen LogP) is 0.281. The van der Waals surface area contributed by atoms with Crippen molar-refractivity contribution in [2.24, 2.45) is 7.05 Å². The summed E-state index contributed by atoms with van der Waals surface area (Å²) in [7, 11) is 1.76. The number of aryl methyl sites for hydroxylation is 2. The molecule has 6 heteroatoms. The molecule has 0 saturated heterocycles. The zero-order valence-electron chi connectivity index (χ0n) is 8.18. The van der Waals surface area contributed by atoms with Crippen molar-refractivity contribution in [1.82, 2.24) is 24.5 Å². The predicted molar refractivity (Wildman–Crippen MR) is 52.3 cm³/mol. The Balaban J connectivity index is 2.46. The van der Waals surface area contributed by atoms with Crippen molar-refractivity contribution in [3.05, 3.63) is 12.5 Å². The van der Waals surface area contributed by atoms with Crippen molar-refractivity contribution in [1.29, 1.82) is 0 Å². The minimum atomic E-state index is 0.632. The summed E-state index contributed by atoms with van der Waals surface area (Å²) in [6.45, 7) is 2.82. The van der Waals surface area contributed by atoms with Gasteiger partial charge >= 0.3 is 0 Å². The maximum absolute atomic E-state index is 5.88. The van der Waals surface area contributed by atoms with Gasteiger partial charge in [0.15, 0.2) is 0 Å². The molecule has 0 aliphatic rings. The number of imidazole rings is 1. The van der Waals surface area contributed by atoms with Gasteiger partial charge in [-0.1, -0.05) is 0 Å². The molecule has 74 valence electrons. The molecule has 6 nitrogen and oxygen atoms in total. The van der Waals surface area contributed by atoms with Gasteiger partial charge in [0.05, 0.1) is 12.5 Å². The van der Waals surface area contributed by atoms with E-state index in [2.05, 4.69) is 15.2 Å². The van der Waals surface area contributed by atoms with E-state index in [0.29, 0.717) is 17.2 Å². The van der Waals surface area contributed by atoms with Crippen LogP contribution in [-0.2, 0) is 13.6 Å². The number of anilines is 1. The molecule has 0 bridgehead atoms. The van der Waals surface area contributed by atoms with Crippen LogP contribution in [0.1, 0.15) is 6.92 Å². The van der Waals surface area contributed by atoms with E-state index in [1.54, 1.807) is 19.6 Å². The Hall–Kier alpha value is -1.85. The highest BCUT2D eigenvalue weighted by Gasteiger charge is 2.11. The monoisotopic (exact) mass is 192 g/mol. The third kappa shape index (κ3) is 1.24. The van der Waals surface area contributed by atoms with Crippen LogP contribution in [0.3, 0.4) is 0 Å². The summed E-state index contributed by atoms with van der Waals surface area (Å²) in [5, 5.41) is 8.11. The Morgan fingerprint density at radius 3 is 2.79 bits per heavy atom. The smallest absolute Gasteiger partial charge is 0.135 e. The topological polar surface area (TPSA) is 74.5 Å². The third-order valence-corrected chi connectivity index (χ3v) is 2.06. The molecule has 14 heavy (non-hydrogen) atoms. The Bertz CT molecular complexity index is 440. The fourth-order valence-electron chi connectivity index (χ4n) is 1.30. The summed E-state index contributed by atoms with van der Waals surface area (Å²) in [4.78, 5) is 5.68. The lowest BCUT2D eigenvalue weighted by Gasteiger charge is -1.98. The number of nitrogen functional groups attached to an aromatic ring is 1. The first-order chi connectivity index (χ1) is 6.72. The quantitative estimate of drug-likeness (QED) is 0.741. The molecule has 0 aliphatic carbocycles. The van der Waals surface area contributed by atoms with Crippen molar-refractivity contribution in [3.8, 4) is 11.4 Å². The lowest BCUT2D eigenvalue weighted by Crippen LogP contribution is -1.99. The van der Waals surface area contributed by atoms with Crippen LogP contribution in [0.25, 0.3) is 11.4 Å². The number of aromatic nitrogens is 5. The van der Waals surface area contributed by atoms with E-state index in [4.69, 9.17) is 5.73 Å². The van der Waals surface area contributed by atoms with Crippen molar-refractivity contribution in [2.75, 3.05) is 5.73 Å². The van der Waals surface area contributed by atoms with E-state index in [1.807, 2.05) is 11.5 Å². The first-order valence-electron chi connectivity index (χ1n) is 4.39. The average Bonchev–Trinajstić information content (AvgIpc) is 2.72. The normalized spacial score (nSPS) is 10.7. The molecule has 0 fully saturated rings. The summed E-state index contributed by atoms with van der Waals surface area (Å²) in [6.07, 6.45) is 3.36. The molecule has 0 unspecified atom stereocenters. The second-order valence-corrected chi connectivity index (χ2v) is 2.98. The molecule has 0 radical (unpaired) electrons. The largest absolute Gasteiger partial charge is 0.383 e. The third-order valence-electron chi connectivity index (χ3n) is 2.06. The molecular weight excluding hydrogens is 180 g/mol. The molecule has 0 aliphatic heterocycles. The zero-order chi connectivity index (χ0) is 10.1. The van der Waals surface area contributed by atoms with E-state index in [-0.39, 0.29) is 0 Å². The summed E-state index contributed by atoms with van der Waals surface area (Å²) in [5.41, 5.74) is 7.28. The van der Waals surface area contributed by atoms with Gasteiger partial charge in [0.25, 0.3) is 0 Å². The number of nitrogens with two attached hydrogens (primary N) is 1. The van der Waals surface area contributed by atoms with Crippen LogP contribution in [0, 0.1) is 0 Å². The van der Waals surface area contributed by atoms with E-state index in [0.717, 1.165) is 6.54 Å². The average molecular weight is 192 g/mol. The number of hydrogen-bond acceptors (Lipinski definition) is 4. The summed E-state index contributed by atoms with van der Waals surface area (Å²) >= 11 is 0. The van der Waals surface area contributed by atoms with Crippen molar-refractivity contribution < 1.29 is 0 Å². The Kier molecular flexibility index (Phi) is 1.95. The molecule has 0 saturated carbocycles. The van der Waals surface area contributed by atoms with Crippen molar-refractivity contribution in [2.45, 2.75) is 13.5 Å². The van der Waals surface area contributed by atoms with Crippen molar-refractivity contribution >= 4 is 5.82 Å². The summed E-state index contributed by atoms with van der Waals surface area (Å²) in [5.74, 6) is 0.632. The second-order valence-electron chi connectivity index (χ2n) is 2.98. The van der Waals surface area contributed by atoms with Gasteiger partial charge in [-0.2, -0.15) is 15.0 Å². The molecule has 0 aromatic carbocycles. The highest BCUT2D eigenvalue weighted by atomic mass is 15.4. The molecule has 2 N–H and O–H groups in total. The minimum absolute atomic E-state index is 0.632. The van der Waals surface area contributed by atoms with Crippen LogP contribution < -0.4 is 5.73 Å². The molecular formula is C8H12N6. The van der Waals surface area contributed by atoms with Gasteiger partial charge in [0.1, 0.15) is 17.2 Å². The van der Waals surface area contributed by atoms with E-state index >= 15 is 0 Å². The van der Waals surface area contributed by atoms with Crippen LogP contribution in [0.15, 0.2) is 12.5 Å². The molecule has 0 atom stereocenters. The van der Waals surface area contributed by atoms with Gasteiger partial charge in [-0.15, -0.1) is 0 Å². The SMILES string of the molecule is CCn1cnc(-c2cnn(C)n2)c1N. The first-order valence-corrected chi connectivity index (χ1v) is 4.39. The Morgan fingerprint density at radius 1 is 1.50 bits per heavy atom. The highest BCUT2D eigenvalue weighted by Crippen LogP contribution is 2.20. The van der Waals surface area contributed by atoms with E-state index in [1.165, 1.54) is 4.80 Å². The first kappa shape index (κ1) is 8.74. The van der Waals surface area contributed by atoms with Crippen molar-refractivity contribution in [3.63, 3.8) is 0 Å². The Labute approximate surface area is 81.4 Å². The summed E-state index contributed by atoms with van der Waals surface area (Å²) < 4.78 is 1.87. The number of hydrogen-bond donors (Lipinski definition) is 1. The van der Waals surface area contributed by atoms with E-state index < -0.39 is 0 Å². The molecule has 2 rings (SSSR count). The molecule has 0 spiro atoms. The second kappa shape index (κ2) is 3.13. The highest BCUT2D eigenvalue weighted by molar-refractivity contribution is 5.66. The van der Waals surface area contributed by atoms with Crippen LogP contribution in [0.5, 0.6) is 0 Å². The maximum atomic E-state index is 5.88. The van der Waals surface area contributed by atoms with Gasteiger partial charge < -0.3 is 10.3 Å². The maximum Gasteiger partial charge on any atom is 0.135 e. The zero-order valence-corrected chi connectivity index (χ0v) is 8.18. The Morgan fingerprint density at radius 2 is 2.29 bits per heavy atom. The lowest BCUT2D eigenvalue weighted by molar-refractivity contribution is 0.655. The number of rotatable bonds is 2. The van der Waals surface area contributed by atoms with Crippen LogP contribution >= 0.6 is 0 Å². The van der Waals surface area contributed by atoms with E-state index in [9.17, 15) is 0 Å². The van der Waals surface area contributed by atoms with Crippen LogP contribution in [0.2, 0.25) is 0 Å². The van der Waals surface area contributed by atoms with Crippen LogP contribution in [0.4, 0.5) is 5.82 Å². The molecule has 0 amide bonds. The lowest BCUT2D eigenvalue weighted by atomic mass is 10.3. The van der Waals surface area contributed by atoms with Gasteiger partial charge in [0, 0.05) is 13.6 Å². The molecule has 2 aromatic heterocycles. The number of nitrogens with zero attached hydrogens (tertiary/aromatic N) is 5. The van der Waals surface area contributed by atoms with Gasteiger partial charge in [-0.3, -0.25) is 0 Å². The standard InChI is InChI=1S/C8H12N6/c1-3-14-5-10-7(8(14)9)6-4-11-13(2)12-6/h4-5H,3,9H2,1-2H3. The van der Waals surface area contributed by atoms with Crippen LogP contribution in [-0.4, -0.2) is 24.5 Å². The fourth-order valence-corrected chi connectivity index (χ4v) is 1.30. The summed E-state index contributed by atoms with van der Waals surface area (Å²) in [6, 6.07) is 0. The van der Waals surface area contributed by atoms with Gasteiger partial charge in [-0.05, 0) is 6.92 Å². The molecule has 2 heterocycles. The minimum Gasteiger partial charge on any atom is -0.383 e. The van der Waals surface area contributed by atoms with Gasteiger partial charge in [0.2, 0.25) is 0 Å².